The van der Waals surface area contributed by atoms with Crippen LogP contribution in [-0.2, 0) is 17.8 Å². The topological polar surface area (TPSA) is 72.7 Å². The van der Waals surface area contributed by atoms with Crippen LogP contribution in [0, 0.1) is 0 Å². The highest BCUT2D eigenvalue weighted by Crippen LogP contribution is 2.22. The van der Waals surface area contributed by atoms with Gasteiger partial charge < -0.3 is 9.88 Å². The number of amides is 1. The molecule has 0 spiro atoms. The maximum atomic E-state index is 12.1. The van der Waals surface area contributed by atoms with Gasteiger partial charge in [0.15, 0.2) is 11.0 Å². The van der Waals surface area contributed by atoms with Crippen molar-refractivity contribution in [1.82, 2.24) is 25.1 Å². The third-order valence-corrected chi connectivity index (χ3v) is 4.80. The molecule has 2 aromatic heterocycles. The molecule has 0 atom stereocenters. The van der Waals surface area contributed by atoms with Gasteiger partial charge in [-0.05, 0) is 31.0 Å². The Labute approximate surface area is 157 Å². The van der Waals surface area contributed by atoms with Crippen LogP contribution in [0.15, 0.2) is 59.9 Å². The zero-order valence-corrected chi connectivity index (χ0v) is 15.4. The van der Waals surface area contributed by atoms with Crippen molar-refractivity contribution >= 4 is 17.7 Å². The molecule has 1 amide bonds. The number of carbonyl (C=O) groups excluding carboxylic acids is 1. The van der Waals surface area contributed by atoms with Crippen molar-refractivity contribution in [2.24, 2.45) is 0 Å². The summed E-state index contributed by atoms with van der Waals surface area (Å²) in [5.74, 6) is 1.03. The number of nitrogens with one attached hydrogen (secondary N) is 1. The van der Waals surface area contributed by atoms with Crippen LogP contribution in [0.4, 0.5) is 0 Å². The van der Waals surface area contributed by atoms with Crippen molar-refractivity contribution < 1.29 is 4.79 Å². The van der Waals surface area contributed by atoms with Gasteiger partial charge in [-0.3, -0.25) is 9.78 Å². The van der Waals surface area contributed by atoms with Crippen LogP contribution < -0.4 is 5.32 Å². The number of nitrogens with zero attached hydrogens (tertiary/aromatic N) is 4. The monoisotopic (exact) mass is 367 g/mol. The van der Waals surface area contributed by atoms with Crippen molar-refractivity contribution in [3.8, 4) is 11.5 Å². The van der Waals surface area contributed by atoms with Crippen molar-refractivity contribution in [2.75, 3.05) is 12.3 Å². The van der Waals surface area contributed by atoms with Crippen LogP contribution in [0.2, 0.25) is 0 Å². The maximum Gasteiger partial charge on any atom is 0.230 e. The Morgan fingerprint density at radius 2 is 1.92 bits per heavy atom. The van der Waals surface area contributed by atoms with E-state index in [1.54, 1.807) is 6.20 Å². The van der Waals surface area contributed by atoms with E-state index in [4.69, 9.17) is 0 Å². The lowest BCUT2D eigenvalue weighted by Gasteiger charge is -2.07. The van der Waals surface area contributed by atoms with Gasteiger partial charge in [0.1, 0.15) is 5.69 Å². The van der Waals surface area contributed by atoms with Gasteiger partial charge in [0.2, 0.25) is 5.91 Å². The molecule has 134 valence electrons. The van der Waals surface area contributed by atoms with E-state index in [1.807, 2.05) is 47.9 Å². The molecule has 0 saturated heterocycles. The minimum atomic E-state index is -0.00373. The summed E-state index contributed by atoms with van der Waals surface area (Å²) in [5.41, 5.74) is 1.99. The molecule has 0 aliphatic carbocycles. The Kier molecular flexibility index (Phi) is 6.38. The first-order chi connectivity index (χ1) is 12.8. The molecule has 7 heteroatoms. The normalized spacial score (nSPS) is 10.7. The lowest BCUT2D eigenvalue weighted by molar-refractivity contribution is -0.118. The molecule has 3 rings (SSSR count). The molecule has 0 saturated carbocycles. The van der Waals surface area contributed by atoms with Gasteiger partial charge in [0, 0.05) is 19.3 Å². The first-order valence-electron chi connectivity index (χ1n) is 8.56. The molecule has 26 heavy (non-hydrogen) atoms. The second kappa shape index (κ2) is 9.15. The summed E-state index contributed by atoms with van der Waals surface area (Å²) in [7, 11) is 0. The van der Waals surface area contributed by atoms with Crippen LogP contribution in [0.1, 0.15) is 12.5 Å². The molecule has 1 aromatic carbocycles. The molecule has 0 unspecified atom stereocenters. The Bertz CT molecular complexity index is 836. The number of hydrogen-bond acceptors (Lipinski definition) is 5. The van der Waals surface area contributed by atoms with Crippen LogP contribution in [-0.4, -0.2) is 38.0 Å². The van der Waals surface area contributed by atoms with E-state index in [2.05, 4.69) is 32.6 Å². The van der Waals surface area contributed by atoms with Gasteiger partial charge in [0.05, 0.1) is 5.75 Å². The lowest BCUT2D eigenvalue weighted by Crippen LogP contribution is -2.27. The van der Waals surface area contributed by atoms with E-state index in [9.17, 15) is 4.79 Å². The Morgan fingerprint density at radius 3 is 2.65 bits per heavy atom. The van der Waals surface area contributed by atoms with Crippen molar-refractivity contribution in [2.45, 2.75) is 25.0 Å². The molecule has 1 N–H and O–H groups in total. The van der Waals surface area contributed by atoms with Gasteiger partial charge >= 0.3 is 0 Å². The predicted molar refractivity (Wildman–Crippen MR) is 103 cm³/mol. The predicted octanol–water partition coefficient (Wildman–Crippen LogP) is 2.81. The van der Waals surface area contributed by atoms with Gasteiger partial charge in [0.25, 0.3) is 0 Å². The molecule has 0 aliphatic rings. The second-order valence-corrected chi connectivity index (χ2v) is 6.58. The van der Waals surface area contributed by atoms with Crippen LogP contribution >= 0.6 is 11.8 Å². The Morgan fingerprint density at radius 1 is 1.12 bits per heavy atom. The molecule has 2 heterocycles. The van der Waals surface area contributed by atoms with Crippen LogP contribution in [0.25, 0.3) is 11.5 Å². The minimum absolute atomic E-state index is 0.00373. The molecular formula is C19H21N5OS. The largest absolute Gasteiger partial charge is 0.355 e. The fourth-order valence-corrected chi connectivity index (χ4v) is 3.37. The van der Waals surface area contributed by atoms with E-state index in [-0.39, 0.29) is 5.91 Å². The smallest absolute Gasteiger partial charge is 0.230 e. The molecule has 0 aliphatic heterocycles. The highest BCUT2D eigenvalue weighted by atomic mass is 32.2. The van der Waals surface area contributed by atoms with E-state index < -0.39 is 0 Å². The molecule has 0 radical (unpaired) electrons. The number of hydrogen-bond donors (Lipinski definition) is 1. The van der Waals surface area contributed by atoms with Crippen molar-refractivity contribution in [3.05, 3.63) is 60.3 Å². The average molecular weight is 367 g/mol. The number of pyridine rings is 1. The fourth-order valence-electron chi connectivity index (χ4n) is 2.54. The van der Waals surface area contributed by atoms with E-state index in [0.717, 1.165) is 29.6 Å². The van der Waals surface area contributed by atoms with E-state index in [0.29, 0.717) is 12.3 Å². The summed E-state index contributed by atoms with van der Waals surface area (Å²) >= 11 is 1.39. The number of benzene rings is 1. The van der Waals surface area contributed by atoms with E-state index >= 15 is 0 Å². The summed E-state index contributed by atoms with van der Waals surface area (Å²) in [6, 6.07) is 15.8. The molecule has 6 nitrogen and oxygen atoms in total. The van der Waals surface area contributed by atoms with Gasteiger partial charge in [-0.25, -0.2) is 0 Å². The van der Waals surface area contributed by atoms with Gasteiger partial charge in [-0.2, -0.15) is 0 Å². The second-order valence-electron chi connectivity index (χ2n) is 5.64. The summed E-state index contributed by atoms with van der Waals surface area (Å²) < 4.78 is 1.98. The average Bonchev–Trinajstić information content (AvgIpc) is 3.11. The fraction of sp³-hybridized carbons (Fsp3) is 0.263. The standard InChI is InChI=1S/C19H21N5OS/c1-2-24-18(16-10-6-7-12-20-16)22-23-19(24)26-14-17(25)21-13-11-15-8-4-3-5-9-15/h3-10,12H,2,11,13-14H2,1H3,(H,21,25). The number of aromatic nitrogens is 4. The third-order valence-electron chi connectivity index (χ3n) is 3.84. The first-order valence-corrected chi connectivity index (χ1v) is 9.54. The zero-order chi connectivity index (χ0) is 18.2. The number of thioether (sulfide) groups is 1. The number of carbonyl (C=O) groups is 1. The molecular weight excluding hydrogens is 346 g/mol. The summed E-state index contributed by atoms with van der Waals surface area (Å²) in [4.78, 5) is 16.4. The SMILES string of the molecule is CCn1c(SCC(=O)NCCc2ccccc2)nnc1-c1ccccn1. The zero-order valence-electron chi connectivity index (χ0n) is 14.6. The summed E-state index contributed by atoms with van der Waals surface area (Å²) in [6.45, 7) is 3.37. The maximum absolute atomic E-state index is 12.1. The third kappa shape index (κ3) is 4.70. The van der Waals surface area contributed by atoms with Gasteiger partial charge in [-0.15, -0.1) is 10.2 Å². The molecule has 0 bridgehead atoms. The highest BCUT2D eigenvalue weighted by molar-refractivity contribution is 7.99. The minimum Gasteiger partial charge on any atom is -0.355 e. The summed E-state index contributed by atoms with van der Waals surface area (Å²) in [5, 5.41) is 12.1. The summed E-state index contributed by atoms with van der Waals surface area (Å²) in [6.07, 6.45) is 2.56. The lowest BCUT2D eigenvalue weighted by atomic mass is 10.1. The molecule has 0 fully saturated rings. The quantitative estimate of drug-likeness (QED) is 0.620. The highest BCUT2D eigenvalue weighted by Gasteiger charge is 2.15. The van der Waals surface area contributed by atoms with Crippen LogP contribution in [0.3, 0.4) is 0 Å². The van der Waals surface area contributed by atoms with Crippen molar-refractivity contribution in [3.63, 3.8) is 0 Å². The molecule has 3 aromatic rings. The van der Waals surface area contributed by atoms with Crippen LogP contribution in [0.5, 0.6) is 0 Å². The van der Waals surface area contributed by atoms with Crippen molar-refractivity contribution in [1.29, 1.82) is 0 Å². The van der Waals surface area contributed by atoms with E-state index in [1.165, 1.54) is 17.3 Å². The Hall–Kier alpha value is -2.67. The first kappa shape index (κ1) is 18.1. The van der Waals surface area contributed by atoms with Gasteiger partial charge in [-0.1, -0.05) is 48.2 Å². The Balaban J connectivity index is 1.53. The number of rotatable bonds is 8.